The number of hydrogen-bond donors (Lipinski definition) is 2. The Balaban J connectivity index is 1.36. The van der Waals surface area contributed by atoms with E-state index in [0.717, 1.165) is 5.56 Å². The predicted octanol–water partition coefficient (Wildman–Crippen LogP) is 1.46. The number of nitrogens with one attached hydrogen (secondary N) is 2. The minimum Gasteiger partial charge on any atom is -0.460 e. The zero-order chi connectivity index (χ0) is 23.6. The first-order chi connectivity index (χ1) is 16.0. The molecular weight excluding hydrogens is 430 g/mol. The second-order valence-electron chi connectivity index (χ2n) is 8.20. The summed E-state index contributed by atoms with van der Waals surface area (Å²) in [4.78, 5) is 42.8. The number of carbonyl (C=O) groups excluding carboxylic acids is 3. The van der Waals surface area contributed by atoms with Crippen molar-refractivity contribution in [2.75, 3.05) is 32.9 Å². The molecule has 11 heteroatoms. The first kappa shape index (κ1) is 24.7. The van der Waals surface area contributed by atoms with Gasteiger partial charge in [-0.3, -0.25) is 14.6 Å². The Labute approximate surface area is 192 Å². The highest BCUT2D eigenvalue weighted by molar-refractivity contribution is 5.96. The van der Waals surface area contributed by atoms with Gasteiger partial charge in [0.1, 0.15) is 24.4 Å². The summed E-state index contributed by atoms with van der Waals surface area (Å²) in [6.45, 7) is 3.95. The SMILES string of the molecule is C[C@H](NC(=O)c1ccc(CN=N)cn1)C(=O)N1CCC(OCC(=O)OC2CCOCC2)CC1. The van der Waals surface area contributed by atoms with Gasteiger partial charge in [0.2, 0.25) is 5.91 Å². The van der Waals surface area contributed by atoms with Gasteiger partial charge in [0.05, 0.1) is 25.9 Å². The molecule has 2 aliphatic heterocycles. The maximum atomic E-state index is 12.7. The van der Waals surface area contributed by atoms with Gasteiger partial charge in [-0.2, -0.15) is 5.11 Å². The molecule has 0 aromatic carbocycles. The van der Waals surface area contributed by atoms with E-state index in [1.165, 1.54) is 6.20 Å². The molecule has 0 saturated carbocycles. The molecule has 0 radical (unpaired) electrons. The molecule has 1 atom stereocenters. The summed E-state index contributed by atoms with van der Waals surface area (Å²) in [5.41, 5.74) is 7.79. The fraction of sp³-hybridized carbons (Fsp3) is 0.636. The van der Waals surface area contributed by atoms with Gasteiger partial charge < -0.3 is 24.4 Å². The standard InChI is InChI=1S/C22H31N5O6/c1-15(26-21(29)19-3-2-16(12-24-19)13-25-23)22(30)27-8-4-17(5-9-27)32-14-20(28)33-18-6-10-31-11-7-18/h2-3,12,15,17-18,23H,4-11,13-14H2,1H3,(H,26,29)/t15-/m0/s1. The summed E-state index contributed by atoms with van der Waals surface area (Å²) in [5, 5.41) is 5.96. The molecule has 3 heterocycles. The Morgan fingerprint density at radius 1 is 1.21 bits per heavy atom. The fourth-order valence-corrected chi connectivity index (χ4v) is 3.79. The molecule has 2 N–H and O–H groups in total. The van der Waals surface area contributed by atoms with Crippen LogP contribution in [0.3, 0.4) is 0 Å². The number of carbonyl (C=O) groups is 3. The van der Waals surface area contributed by atoms with Crippen LogP contribution < -0.4 is 5.32 Å². The Bertz CT molecular complexity index is 819. The van der Waals surface area contributed by atoms with Gasteiger partial charge in [-0.25, -0.2) is 10.3 Å². The molecule has 1 aromatic rings. The van der Waals surface area contributed by atoms with Crippen LogP contribution in [-0.2, 0) is 30.3 Å². The summed E-state index contributed by atoms with van der Waals surface area (Å²) >= 11 is 0. The van der Waals surface area contributed by atoms with E-state index >= 15 is 0 Å². The quantitative estimate of drug-likeness (QED) is 0.418. The summed E-state index contributed by atoms with van der Waals surface area (Å²) in [7, 11) is 0. The van der Waals surface area contributed by atoms with Crippen LogP contribution in [0.4, 0.5) is 0 Å². The van der Waals surface area contributed by atoms with E-state index in [4.69, 9.17) is 19.7 Å². The number of piperidine rings is 1. The van der Waals surface area contributed by atoms with E-state index in [9.17, 15) is 14.4 Å². The van der Waals surface area contributed by atoms with E-state index in [-0.39, 0.29) is 42.9 Å². The number of nitrogens with zero attached hydrogens (tertiary/aromatic N) is 3. The molecule has 0 aliphatic carbocycles. The number of hydrogen-bond acceptors (Lipinski definition) is 9. The zero-order valence-corrected chi connectivity index (χ0v) is 18.8. The molecule has 2 fully saturated rings. The lowest BCUT2D eigenvalue weighted by Gasteiger charge is -2.33. The number of ether oxygens (including phenoxy) is 3. The summed E-state index contributed by atoms with van der Waals surface area (Å²) in [5.74, 6) is -0.982. The highest BCUT2D eigenvalue weighted by Crippen LogP contribution is 2.16. The van der Waals surface area contributed by atoms with Crippen molar-refractivity contribution in [3.05, 3.63) is 29.6 Å². The van der Waals surface area contributed by atoms with Crippen molar-refractivity contribution >= 4 is 17.8 Å². The second-order valence-corrected chi connectivity index (χ2v) is 8.20. The van der Waals surface area contributed by atoms with Gasteiger partial charge >= 0.3 is 5.97 Å². The molecule has 11 nitrogen and oxygen atoms in total. The number of aromatic nitrogens is 1. The minimum absolute atomic E-state index is 0.0931. The van der Waals surface area contributed by atoms with Crippen molar-refractivity contribution in [3.8, 4) is 0 Å². The number of amides is 2. The lowest BCUT2D eigenvalue weighted by molar-refractivity contribution is -0.161. The largest absolute Gasteiger partial charge is 0.460 e. The fourth-order valence-electron chi connectivity index (χ4n) is 3.79. The summed E-state index contributed by atoms with van der Waals surface area (Å²) in [6.07, 6.45) is 3.93. The van der Waals surface area contributed by atoms with Gasteiger partial charge in [-0.05, 0) is 31.4 Å². The second kappa shape index (κ2) is 12.4. The first-order valence-corrected chi connectivity index (χ1v) is 11.2. The number of rotatable bonds is 9. The molecular formula is C22H31N5O6. The van der Waals surface area contributed by atoms with Crippen LogP contribution in [-0.4, -0.2) is 78.8 Å². The van der Waals surface area contributed by atoms with Crippen molar-refractivity contribution in [2.45, 2.75) is 57.4 Å². The minimum atomic E-state index is -0.700. The topological polar surface area (TPSA) is 143 Å². The third-order valence-electron chi connectivity index (χ3n) is 5.69. The van der Waals surface area contributed by atoms with Crippen LogP contribution in [0.1, 0.15) is 48.7 Å². The molecule has 33 heavy (non-hydrogen) atoms. The van der Waals surface area contributed by atoms with E-state index in [1.54, 1.807) is 24.0 Å². The van der Waals surface area contributed by atoms with Crippen molar-refractivity contribution in [3.63, 3.8) is 0 Å². The number of pyridine rings is 1. The molecule has 1 aromatic heterocycles. The van der Waals surface area contributed by atoms with Crippen molar-refractivity contribution < 1.29 is 28.6 Å². The molecule has 180 valence electrons. The van der Waals surface area contributed by atoms with E-state index < -0.39 is 11.9 Å². The van der Waals surface area contributed by atoms with Gasteiger partial charge in [0, 0.05) is 32.1 Å². The van der Waals surface area contributed by atoms with Crippen molar-refractivity contribution in [2.24, 2.45) is 5.11 Å². The van der Waals surface area contributed by atoms with Gasteiger partial charge in [0.25, 0.3) is 5.91 Å². The third-order valence-corrected chi connectivity index (χ3v) is 5.69. The Hall–Kier alpha value is -2.92. The van der Waals surface area contributed by atoms with E-state index in [0.29, 0.717) is 52.0 Å². The molecule has 0 spiro atoms. The zero-order valence-electron chi connectivity index (χ0n) is 18.8. The lowest BCUT2D eigenvalue weighted by atomic mass is 10.1. The Morgan fingerprint density at radius 3 is 2.58 bits per heavy atom. The van der Waals surface area contributed by atoms with Crippen molar-refractivity contribution in [1.82, 2.24) is 15.2 Å². The number of esters is 1. The summed E-state index contributed by atoms with van der Waals surface area (Å²) < 4.78 is 16.3. The maximum Gasteiger partial charge on any atom is 0.332 e. The van der Waals surface area contributed by atoms with Crippen LogP contribution in [0.2, 0.25) is 0 Å². The van der Waals surface area contributed by atoms with Gasteiger partial charge in [-0.15, -0.1) is 0 Å². The van der Waals surface area contributed by atoms with Crippen LogP contribution in [0.15, 0.2) is 23.4 Å². The molecule has 0 unspecified atom stereocenters. The van der Waals surface area contributed by atoms with Crippen LogP contribution >= 0.6 is 0 Å². The van der Waals surface area contributed by atoms with E-state index in [2.05, 4.69) is 15.4 Å². The van der Waals surface area contributed by atoms with Crippen LogP contribution in [0.25, 0.3) is 0 Å². The summed E-state index contributed by atoms with van der Waals surface area (Å²) in [6, 6.07) is 2.52. The van der Waals surface area contributed by atoms with Crippen molar-refractivity contribution in [1.29, 1.82) is 5.53 Å². The maximum absolute atomic E-state index is 12.7. The van der Waals surface area contributed by atoms with Crippen LogP contribution in [0.5, 0.6) is 0 Å². The van der Waals surface area contributed by atoms with Crippen LogP contribution in [0, 0.1) is 5.53 Å². The molecule has 2 aliphatic rings. The average Bonchev–Trinajstić information content (AvgIpc) is 2.84. The molecule has 2 amide bonds. The highest BCUT2D eigenvalue weighted by Gasteiger charge is 2.28. The first-order valence-electron chi connectivity index (χ1n) is 11.2. The Morgan fingerprint density at radius 2 is 1.94 bits per heavy atom. The normalized spacial score (nSPS) is 18.4. The Kier molecular flexibility index (Phi) is 9.25. The number of likely N-dealkylation sites (tertiary alicyclic amines) is 1. The monoisotopic (exact) mass is 461 g/mol. The predicted molar refractivity (Wildman–Crippen MR) is 116 cm³/mol. The lowest BCUT2D eigenvalue weighted by Crippen LogP contribution is -2.50. The third kappa shape index (κ3) is 7.57. The van der Waals surface area contributed by atoms with Gasteiger partial charge in [0.15, 0.2) is 0 Å². The van der Waals surface area contributed by atoms with Gasteiger partial charge in [-0.1, -0.05) is 6.07 Å². The van der Waals surface area contributed by atoms with E-state index in [1.807, 2.05) is 0 Å². The molecule has 0 bridgehead atoms. The highest BCUT2D eigenvalue weighted by atomic mass is 16.6. The average molecular weight is 462 g/mol. The smallest absolute Gasteiger partial charge is 0.332 e. The molecule has 2 saturated heterocycles. The molecule has 3 rings (SSSR count).